The molecule has 0 fully saturated rings. The van der Waals surface area contributed by atoms with Crippen LogP contribution >= 0.6 is 0 Å². The van der Waals surface area contributed by atoms with Gasteiger partial charge in [0.2, 0.25) is 5.82 Å². The van der Waals surface area contributed by atoms with Gasteiger partial charge in [0.05, 0.1) is 30.8 Å². The third kappa shape index (κ3) is 6.16. The highest BCUT2D eigenvalue weighted by Crippen LogP contribution is 2.37. The number of rotatable bonds is 12. The lowest BCUT2D eigenvalue weighted by atomic mass is 10.1. The molecule has 172 valence electrons. The summed E-state index contributed by atoms with van der Waals surface area (Å²) in [6, 6.07) is 10.6. The Morgan fingerprint density at radius 1 is 1.27 bits per heavy atom. The highest BCUT2D eigenvalue weighted by molar-refractivity contribution is 5.71. The Morgan fingerprint density at radius 3 is 2.79 bits per heavy atom. The van der Waals surface area contributed by atoms with Crippen LogP contribution in [0, 0.1) is 10.1 Å². The minimum atomic E-state index is -0.597. The van der Waals surface area contributed by atoms with E-state index in [0.717, 1.165) is 5.56 Å². The van der Waals surface area contributed by atoms with E-state index in [1.807, 2.05) is 12.1 Å². The number of carbonyl (C=O) groups excluding carboxylic acids is 1. The normalized spacial score (nSPS) is 10.5. The molecule has 3 rings (SSSR count). The Hall–Kier alpha value is -4.21. The van der Waals surface area contributed by atoms with Crippen LogP contribution in [0.4, 0.5) is 11.5 Å². The molecule has 2 aromatic heterocycles. The van der Waals surface area contributed by atoms with Crippen molar-refractivity contribution in [2.24, 2.45) is 0 Å². The second kappa shape index (κ2) is 11.4. The third-order valence-electron chi connectivity index (χ3n) is 4.61. The number of ether oxygens (including phenoxy) is 2. The number of nitrogens with zero attached hydrogens (tertiary/aromatic N) is 4. The monoisotopic (exact) mass is 452 g/mol. The first-order valence-electron chi connectivity index (χ1n) is 10.3. The van der Waals surface area contributed by atoms with Crippen molar-refractivity contribution >= 4 is 17.5 Å². The first-order valence-corrected chi connectivity index (χ1v) is 10.3. The fraction of sp³-hybridized carbons (Fsp3) is 0.261. The maximum atomic E-state index is 12.1. The van der Waals surface area contributed by atoms with Gasteiger partial charge in [0.25, 0.3) is 0 Å². The summed E-state index contributed by atoms with van der Waals surface area (Å²) in [5, 5.41) is 12.1. The van der Waals surface area contributed by atoms with Crippen LogP contribution in [0.15, 0.2) is 66.1 Å². The second-order valence-electron chi connectivity index (χ2n) is 6.87. The molecule has 0 saturated carbocycles. The van der Waals surface area contributed by atoms with Gasteiger partial charge in [-0.25, -0.2) is 4.98 Å². The lowest BCUT2D eigenvalue weighted by Gasteiger charge is -2.22. The zero-order valence-electron chi connectivity index (χ0n) is 18.2. The average Bonchev–Trinajstić information content (AvgIpc) is 3.31. The van der Waals surface area contributed by atoms with Gasteiger partial charge in [0.1, 0.15) is 17.8 Å². The molecule has 2 heterocycles. The maximum Gasteiger partial charge on any atom is 0.373 e. The van der Waals surface area contributed by atoms with Gasteiger partial charge in [0.15, 0.2) is 0 Å². The quantitative estimate of drug-likeness (QED) is 0.170. The number of aromatic nitrogens is 2. The van der Waals surface area contributed by atoms with Crippen LogP contribution in [0.5, 0.6) is 11.6 Å². The molecule has 0 spiro atoms. The van der Waals surface area contributed by atoms with Crippen molar-refractivity contribution in [3.8, 4) is 11.6 Å². The lowest BCUT2D eigenvalue weighted by Crippen LogP contribution is -2.28. The smallest absolute Gasteiger partial charge is 0.373 e. The zero-order chi connectivity index (χ0) is 23.6. The molecule has 0 aliphatic rings. The number of anilines is 1. The topological polar surface area (TPSA) is 121 Å². The predicted octanol–water partition coefficient (Wildman–Crippen LogP) is 4.46. The number of nitro groups is 1. The zero-order valence-corrected chi connectivity index (χ0v) is 18.2. The number of hydrogen-bond acceptors (Lipinski definition) is 9. The summed E-state index contributed by atoms with van der Waals surface area (Å²) in [6.45, 7) is 5.95. The van der Waals surface area contributed by atoms with Gasteiger partial charge >= 0.3 is 17.5 Å². The molecule has 10 nitrogen and oxygen atoms in total. The van der Waals surface area contributed by atoms with E-state index in [0.29, 0.717) is 17.9 Å². The van der Waals surface area contributed by atoms with Crippen LogP contribution in [0.3, 0.4) is 0 Å². The SMILES string of the molecule is C=CCc1ccccc1Oc1ncnc(N(CCC(=O)OCC)Cc2ccco2)c1[N+](=O)[O-]. The molecule has 10 heteroatoms. The van der Waals surface area contributed by atoms with Gasteiger partial charge in [-0.2, -0.15) is 4.98 Å². The summed E-state index contributed by atoms with van der Waals surface area (Å²) in [5.41, 5.74) is 0.387. The number of carbonyl (C=O) groups is 1. The van der Waals surface area contributed by atoms with E-state index in [4.69, 9.17) is 13.9 Å². The fourth-order valence-corrected chi connectivity index (χ4v) is 3.16. The van der Waals surface area contributed by atoms with Crippen molar-refractivity contribution in [2.75, 3.05) is 18.1 Å². The van der Waals surface area contributed by atoms with E-state index >= 15 is 0 Å². The first kappa shape index (κ1) is 23.5. The average molecular weight is 452 g/mol. The van der Waals surface area contributed by atoms with Gasteiger partial charge < -0.3 is 18.8 Å². The van der Waals surface area contributed by atoms with Crippen LogP contribution in [-0.4, -0.2) is 34.0 Å². The Kier molecular flexibility index (Phi) is 8.12. The molecule has 0 saturated heterocycles. The predicted molar refractivity (Wildman–Crippen MR) is 120 cm³/mol. The van der Waals surface area contributed by atoms with E-state index in [-0.39, 0.29) is 37.8 Å². The van der Waals surface area contributed by atoms with Gasteiger partial charge in [-0.15, -0.1) is 6.58 Å². The Morgan fingerprint density at radius 2 is 2.09 bits per heavy atom. The van der Waals surface area contributed by atoms with E-state index in [9.17, 15) is 14.9 Å². The van der Waals surface area contributed by atoms with Gasteiger partial charge in [-0.3, -0.25) is 14.9 Å². The van der Waals surface area contributed by atoms with Gasteiger partial charge in [0, 0.05) is 6.54 Å². The summed E-state index contributed by atoms with van der Waals surface area (Å²) >= 11 is 0. The van der Waals surface area contributed by atoms with E-state index in [2.05, 4.69) is 16.5 Å². The van der Waals surface area contributed by atoms with Crippen molar-refractivity contribution < 1.29 is 23.6 Å². The van der Waals surface area contributed by atoms with Crippen molar-refractivity contribution in [1.82, 2.24) is 9.97 Å². The first-order chi connectivity index (χ1) is 16.0. The van der Waals surface area contributed by atoms with Crippen LogP contribution in [0.1, 0.15) is 24.7 Å². The Balaban J connectivity index is 1.99. The van der Waals surface area contributed by atoms with E-state index in [1.54, 1.807) is 42.2 Å². The summed E-state index contributed by atoms with van der Waals surface area (Å²) in [4.78, 5) is 33.2. The number of para-hydroxylation sites is 1. The largest absolute Gasteiger partial charge is 0.467 e. The second-order valence-corrected chi connectivity index (χ2v) is 6.87. The molecule has 1 aromatic carbocycles. The van der Waals surface area contributed by atoms with Crippen LogP contribution in [0.25, 0.3) is 0 Å². The molecule has 0 bridgehead atoms. The van der Waals surface area contributed by atoms with Gasteiger partial charge in [-0.1, -0.05) is 24.3 Å². The fourth-order valence-electron chi connectivity index (χ4n) is 3.16. The van der Waals surface area contributed by atoms with Crippen LogP contribution in [-0.2, 0) is 22.5 Å². The molecule has 0 N–H and O–H groups in total. The Bertz CT molecular complexity index is 1100. The third-order valence-corrected chi connectivity index (χ3v) is 4.61. The minimum absolute atomic E-state index is 0.00639. The van der Waals surface area contributed by atoms with Crippen molar-refractivity contribution in [1.29, 1.82) is 0 Å². The molecule has 33 heavy (non-hydrogen) atoms. The molecule has 3 aromatic rings. The number of benzene rings is 1. The highest BCUT2D eigenvalue weighted by atomic mass is 16.6. The molecule has 0 aliphatic carbocycles. The molecule has 0 radical (unpaired) electrons. The number of allylic oxidation sites excluding steroid dienone is 1. The molecule has 0 amide bonds. The summed E-state index contributed by atoms with van der Waals surface area (Å²) in [5.74, 6) is 0.349. The lowest BCUT2D eigenvalue weighted by molar-refractivity contribution is -0.385. The molecular formula is C23H24N4O6. The molecular weight excluding hydrogens is 428 g/mol. The molecule has 0 unspecified atom stereocenters. The summed E-state index contributed by atoms with van der Waals surface area (Å²) in [6.07, 6.45) is 4.92. The number of furan rings is 1. The summed E-state index contributed by atoms with van der Waals surface area (Å²) < 4.78 is 16.3. The molecule has 0 atom stereocenters. The van der Waals surface area contributed by atoms with Crippen molar-refractivity contribution in [3.63, 3.8) is 0 Å². The number of hydrogen-bond donors (Lipinski definition) is 0. The number of esters is 1. The van der Waals surface area contributed by atoms with Crippen LogP contribution in [0.2, 0.25) is 0 Å². The molecule has 0 aliphatic heterocycles. The Labute approximate surface area is 190 Å². The van der Waals surface area contributed by atoms with E-state index in [1.165, 1.54) is 12.6 Å². The van der Waals surface area contributed by atoms with Gasteiger partial charge in [-0.05, 0) is 37.1 Å². The highest BCUT2D eigenvalue weighted by Gasteiger charge is 2.30. The standard InChI is InChI=1S/C23H24N4O6/c1-3-8-17-9-5-6-11-19(17)33-23-21(27(29)30)22(24-16-25-23)26(13-12-20(28)31-4-2)15-18-10-7-14-32-18/h3,5-7,9-11,14,16H,1,4,8,12-13,15H2,2H3. The maximum absolute atomic E-state index is 12.1. The van der Waals surface area contributed by atoms with Crippen molar-refractivity contribution in [3.05, 3.63) is 83.1 Å². The summed E-state index contributed by atoms with van der Waals surface area (Å²) in [7, 11) is 0. The van der Waals surface area contributed by atoms with E-state index < -0.39 is 16.6 Å². The minimum Gasteiger partial charge on any atom is -0.467 e. The van der Waals surface area contributed by atoms with Crippen molar-refractivity contribution in [2.45, 2.75) is 26.3 Å². The van der Waals surface area contributed by atoms with Crippen LogP contribution < -0.4 is 9.64 Å².